The van der Waals surface area contributed by atoms with E-state index in [1.54, 1.807) is 0 Å². The van der Waals surface area contributed by atoms with Gasteiger partial charge in [0.05, 0.1) is 72.6 Å². The Balaban J connectivity index is 1.17. The van der Waals surface area contributed by atoms with E-state index in [0.717, 1.165) is 55.9 Å². The van der Waals surface area contributed by atoms with E-state index in [0.29, 0.717) is 0 Å². The first-order valence-electron chi connectivity index (χ1n) is 29.1. The van der Waals surface area contributed by atoms with Gasteiger partial charge in [-0.2, -0.15) is 0 Å². The first-order chi connectivity index (χ1) is 39.2. The Morgan fingerprint density at radius 2 is 0.841 bits per heavy atom. The van der Waals surface area contributed by atoms with Gasteiger partial charge in [-0.15, -0.1) is 0 Å². The number of benzene rings is 9. The van der Waals surface area contributed by atoms with E-state index in [9.17, 15) is 0 Å². The minimum Gasteiger partial charge on any atom is -0.455 e. The van der Waals surface area contributed by atoms with Crippen LogP contribution in [0.4, 0.5) is 34.1 Å². The van der Waals surface area contributed by atoms with Crippen LogP contribution in [0.25, 0.3) is 65.7 Å². The molecule has 2 aliphatic rings. The highest BCUT2D eigenvalue weighted by atomic mass is 28.3. The smallest absolute Gasteiger partial charge is 0.145 e. The van der Waals surface area contributed by atoms with Gasteiger partial charge >= 0.3 is 0 Å². The lowest BCUT2D eigenvalue weighted by molar-refractivity contribution is 0.669. The average molecular weight is 1130 g/mol. The molecule has 0 atom stereocenters. The van der Waals surface area contributed by atoms with Crippen LogP contribution in [0.2, 0.25) is 78.6 Å². The number of anilines is 6. The van der Waals surface area contributed by atoms with Crippen molar-refractivity contribution >= 4 is 131 Å². The van der Waals surface area contributed by atoms with Gasteiger partial charge in [0, 0.05) is 40.4 Å². The van der Waals surface area contributed by atoms with Crippen molar-refractivity contribution in [3.63, 3.8) is 0 Å². The molecule has 9 heteroatoms. The fourth-order valence-electron chi connectivity index (χ4n) is 13.5. The van der Waals surface area contributed by atoms with Crippen molar-refractivity contribution in [3.05, 3.63) is 229 Å². The van der Waals surface area contributed by atoms with E-state index >= 15 is 0 Å². The molecule has 404 valence electrons. The number of furan rings is 1. The van der Waals surface area contributed by atoms with E-state index < -0.39 is 37.7 Å². The number of para-hydroxylation sites is 1. The number of hydrogen-bond donors (Lipinski definition) is 0. The van der Waals surface area contributed by atoms with Crippen LogP contribution in [0.5, 0.6) is 0 Å². The number of rotatable bonds is 10. The van der Waals surface area contributed by atoms with Gasteiger partial charge in [0.2, 0.25) is 0 Å². The molecule has 0 saturated heterocycles. The molecule has 0 amide bonds. The molecule has 0 fully saturated rings. The molecule has 2 aliphatic carbocycles. The molecule has 0 saturated carbocycles. The summed E-state index contributed by atoms with van der Waals surface area (Å²) in [5, 5.41) is 13.0. The Kier molecular flexibility index (Phi) is 11.8. The molecule has 0 radical (unpaired) electrons. The van der Waals surface area contributed by atoms with Crippen LogP contribution in [0.15, 0.2) is 211 Å². The molecule has 3 heterocycles. The standard InChI is InChI=1S/C73H70N4OSi4/c1-79(2,3)54-37-52(38-55(42-54)80(4,5)6)76(50-23-19-35-74-45-50)49-31-32-60-64(41-49)73(62-33-29-47-21-13-15-25-58(47)68(62)69-59-26-16-14-22-48(59)30-34-63(69)73)65-44-66(71-61-27-17-18-28-67(61)78-72(71)70(60)65)77(51-24-20-36-75-46-51)53-39-56(81(7,8)9)43-57(40-53)82(10,11)12/h13-46H,1-12H3. The summed E-state index contributed by atoms with van der Waals surface area (Å²) in [5.74, 6) is 0. The third-order valence-electron chi connectivity index (χ3n) is 17.7. The first kappa shape index (κ1) is 52.2. The molecular formula is C73H70N4OSi4. The minimum absolute atomic E-state index is 0.810. The molecule has 14 rings (SSSR count). The second kappa shape index (κ2) is 18.5. The number of pyridine rings is 2. The predicted octanol–water partition coefficient (Wildman–Crippen LogP) is 18.1. The van der Waals surface area contributed by atoms with Gasteiger partial charge in [0.25, 0.3) is 0 Å². The van der Waals surface area contributed by atoms with Crippen LogP contribution in [-0.2, 0) is 5.41 Å². The van der Waals surface area contributed by atoms with Gasteiger partial charge in [0.1, 0.15) is 11.2 Å². The summed E-state index contributed by atoms with van der Waals surface area (Å²) >= 11 is 0. The summed E-state index contributed by atoms with van der Waals surface area (Å²) in [6, 6.07) is 70.0. The van der Waals surface area contributed by atoms with Gasteiger partial charge in [-0.3, -0.25) is 9.97 Å². The Bertz CT molecular complexity index is 4430. The molecule has 0 unspecified atom stereocenters. The van der Waals surface area contributed by atoms with E-state index in [1.807, 2.05) is 24.8 Å². The summed E-state index contributed by atoms with van der Waals surface area (Å²) in [5.41, 5.74) is 17.4. The maximum Gasteiger partial charge on any atom is 0.145 e. The van der Waals surface area contributed by atoms with Gasteiger partial charge < -0.3 is 14.2 Å². The summed E-state index contributed by atoms with van der Waals surface area (Å²) in [6.45, 7) is 29.7. The van der Waals surface area contributed by atoms with Gasteiger partial charge in [-0.05, 0) is 133 Å². The molecule has 82 heavy (non-hydrogen) atoms. The number of fused-ring (bicyclic) bond motifs is 18. The lowest BCUT2D eigenvalue weighted by Gasteiger charge is -2.34. The summed E-state index contributed by atoms with van der Waals surface area (Å²) < 4.78 is 7.56. The molecule has 12 aromatic rings. The highest BCUT2D eigenvalue weighted by Crippen LogP contribution is 2.67. The zero-order chi connectivity index (χ0) is 56.8. The second-order valence-electron chi connectivity index (χ2n) is 27.1. The first-order valence-corrected chi connectivity index (χ1v) is 43.1. The Hall–Kier alpha value is -7.93. The van der Waals surface area contributed by atoms with E-state index in [1.165, 1.54) is 86.9 Å². The number of aromatic nitrogens is 2. The van der Waals surface area contributed by atoms with Crippen molar-refractivity contribution in [2.45, 2.75) is 84.0 Å². The Morgan fingerprint density at radius 3 is 1.34 bits per heavy atom. The van der Waals surface area contributed by atoms with Crippen LogP contribution in [0.3, 0.4) is 0 Å². The highest BCUT2D eigenvalue weighted by molar-refractivity contribution is 6.92. The van der Waals surface area contributed by atoms with Crippen molar-refractivity contribution in [2.24, 2.45) is 0 Å². The lowest BCUT2D eigenvalue weighted by Crippen LogP contribution is -2.45. The molecule has 0 aliphatic heterocycles. The lowest BCUT2D eigenvalue weighted by atomic mass is 9.70. The normalized spacial score (nSPS) is 13.7. The molecule has 9 aromatic carbocycles. The van der Waals surface area contributed by atoms with E-state index in [4.69, 9.17) is 14.4 Å². The molecule has 5 nitrogen and oxygen atoms in total. The van der Waals surface area contributed by atoms with Crippen molar-refractivity contribution < 1.29 is 4.42 Å². The Labute approximate surface area is 487 Å². The summed E-state index contributed by atoms with van der Waals surface area (Å²) in [6.07, 6.45) is 7.86. The Morgan fingerprint density at radius 1 is 0.366 bits per heavy atom. The van der Waals surface area contributed by atoms with Gasteiger partial charge in [-0.1, -0.05) is 209 Å². The zero-order valence-electron chi connectivity index (χ0n) is 49.3. The SMILES string of the molecule is C[Si](C)(C)c1cc(N(c2cccnc2)c2ccc3c(c2)C2(c4ccc5ccccc5c4-c4c2ccc2ccccc42)c2cc(N(c4cccnc4)c4cc([Si](C)(C)C)cc([Si](C)(C)C)c4)c4c(oc5ccccc54)c2-3)cc([Si](C)(C)C)c1. The van der Waals surface area contributed by atoms with Gasteiger partial charge in [-0.25, -0.2) is 0 Å². The van der Waals surface area contributed by atoms with Crippen molar-refractivity contribution in [1.29, 1.82) is 0 Å². The molecule has 3 aromatic heterocycles. The third kappa shape index (κ3) is 8.09. The van der Waals surface area contributed by atoms with Crippen molar-refractivity contribution in [3.8, 4) is 22.3 Å². The van der Waals surface area contributed by atoms with Gasteiger partial charge in [0.15, 0.2) is 0 Å². The predicted molar refractivity (Wildman–Crippen MR) is 362 cm³/mol. The largest absolute Gasteiger partial charge is 0.455 e. The fourth-order valence-corrected chi connectivity index (χ4v) is 18.4. The summed E-state index contributed by atoms with van der Waals surface area (Å²) in [4.78, 5) is 14.7. The maximum atomic E-state index is 7.56. The van der Waals surface area contributed by atoms with Crippen molar-refractivity contribution in [2.75, 3.05) is 9.80 Å². The number of nitrogens with zero attached hydrogens (tertiary/aromatic N) is 4. The zero-order valence-corrected chi connectivity index (χ0v) is 53.3. The monoisotopic (exact) mass is 1130 g/mol. The third-order valence-corrected chi connectivity index (χ3v) is 25.8. The molecule has 0 N–H and O–H groups in total. The van der Waals surface area contributed by atoms with Crippen LogP contribution in [0, 0.1) is 0 Å². The molecule has 1 spiro atoms. The van der Waals surface area contributed by atoms with E-state index in [-0.39, 0.29) is 0 Å². The van der Waals surface area contributed by atoms with Crippen LogP contribution < -0.4 is 30.5 Å². The van der Waals surface area contributed by atoms with E-state index in [2.05, 4.69) is 270 Å². The maximum absolute atomic E-state index is 7.56. The summed E-state index contributed by atoms with van der Waals surface area (Å²) in [7, 11) is -7.29. The number of hydrogen-bond acceptors (Lipinski definition) is 5. The average Bonchev–Trinajstić information content (AvgIpc) is 2.91. The highest BCUT2D eigenvalue weighted by Gasteiger charge is 2.54. The quantitative estimate of drug-likeness (QED) is 0.128. The molecular weight excluding hydrogens is 1060 g/mol. The van der Waals surface area contributed by atoms with Crippen molar-refractivity contribution in [1.82, 2.24) is 9.97 Å². The van der Waals surface area contributed by atoms with Crippen LogP contribution in [0.1, 0.15) is 22.3 Å². The van der Waals surface area contributed by atoms with Crippen LogP contribution >= 0.6 is 0 Å². The van der Waals surface area contributed by atoms with Crippen LogP contribution in [-0.4, -0.2) is 42.3 Å². The second-order valence-corrected chi connectivity index (χ2v) is 47.5. The fraction of sp³-hybridized carbons (Fsp3) is 0.178. The molecule has 0 bridgehead atoms. The topological polar surface area (TPSA) is 45.4 Å². The minimum atomic E-state index is -1.85.